The number of aromatic nitrogens is 1. The van der Waals surface area contributed by atoms with Crippen LogP contribution in [-0.4, -0.2) is 42.1 Å². The van der Waals surface area contributed by atoms with Gasteiger partial charge in [0.2, 0.25) is 10.0 Å². The zero-order valence-corrected chi connectivity index (χ0v) is 20.4. The van der Waals surface area contributed by atoms with Gasteiger partial charge in [0.15, 0.2) is 4.80 Å². The van der Waals surface area contributed by atoms with E-state index in [0.29, 0.717) is 18.0 Å². The quantitative estimate of drug-likeness (QED) is 0.420. The summed E-state index contributed by atoms with van der Waals surface area (Å²) in [5, 5.41) is 11.1. The molecule has 3 aromatic rings. The fraction of sp³-hybridized carbons (Fsp3) is 0.400. The number of hydrogen-bond donors (Lipinski definition) is 1. The molecule has 33 heavy (non-hydrogen) atoms. The highest BCUT2D eigenvalue weighted by atomic mass is 32.2. The minimum atomic E-state index is -3.42. The molecule has 6 nitrogen and oxygen atoms in total. The molecule has 0 spiro atoms. The normalized spacial score (nSPS) is 15.4. The van der Waals surface area contributed by atoms with Crippen molar-refractivity contribution in [3.8, 4) is 11.3 Å². The summed E-state index contributed by atoms with van der Waals surface area (Å²) in [4.78, 5) is 6.13. The smallest absolute Gasteiger partial charge is 0.243 e. The lowest BCUT2D eigenvalue weighted by Gasteiger charge is -2.16. The number of aliphatic hydroxyl groups excluding tert-OH is 1. The summed E-state index contributed by atoms with van der Waals surface area (Å²) < 4.78 is 29.6. The van der Waals surface area contributed by atoms with E-state index in [1.807, 2.05) is 42.5 Å². The first kappa shape index (κ1) is 23.9. The van der Waals surface area contributed by atoms with Gasteiger partial charge in [0.05, 0.1) is 16.3 Å². The lowest BCUT2D eigenvalue weighted by Crippen LogP contribution is -2.27. The van der Waals surface area contributed by atoms with E-state index in [1.165, 1.54) is 0 Å². The van der Waals surface area contributed by atoms with Crippen LogP contribution in [0.15, 0.2) is 69.9 Å². The molecule has 0 bridgehead atoms. The summed E-state index contributed by atoms with van der Waals surface area (Å²) in [6.07, 6.45) is 5.73. The van der Waals surface area contributed by atoms with Crippen molar-refractivity contribution >= 4 is 27.0 Å². The van der Waals surface area contributed by atoms with Crippen LogP contribution in [0.25, 0.3) is 11.3 Å². The second-order valence-electron chi connectivity index (χ2n) is 8.28. The lowest BCUT2D eigenvalue weighted by molar-refractivity contribution is 0.282. The van der Waals surface area contributed by atoms with Crippen molar-refractivity contribution in [2.45, 2.75) is 50.0 Å². The topological polar surface area (TPSA) is 74.9 Å². The average molecular weight is 486 g/mol. The Kier molecular flexibility index (Phi) is 8.14. The molecule has 0 atom stereocenters. The summed E-state index contributed by atoms with van der Waals surface area (Å²) in [5.74, 6) is 0. The number of unbranched alkanes of at least 4 members (excludes halogenated alkanes) is 3. The van der Waals surface area contributed by atoms with Gasteiger partial charge in [0, 0.05) is 31.6 Å². The van der Waals surface area contributed by atoms with Crippen LogP contribution in [0.5, 0.6) is 0 Å². The van der Waals surface area contributed by atoms with E-state index in [0.717, 1.165) is 66.8 Å². The van der Waals surface area contributed by atoms with Crippen molar-refractivity contribution in [1.29, 1.82) is 0 Å². The van der Waals surface area contributed by atoms with Crippen LogP contribution in [0.3, 0.4) is 0 Å². The van der Waals surface area contributed by atoms with Gasteiger partial charge in [-0.3, -0.25) is 0 Å². The Bertz CT molecular complexity index is 1190. The Morgan fingerprint density at radius 3 is 2.30 bits per heavy atom. The molecule has 0 saturated carbocycles. The predicted octanol–water partition coefficient (Wildman–Crippen LogP) is 4.79. The van der Waals surface area contributed by atoms with Gasteiger partial charge in [-0.15, -0.1) is 11.3 Å². The highest BCUT2D eigenvalue weighted by Crippen LogP contribution is 2.26. The van der Waals surface area contributed by atoms with Crippen LogP contribution < -0.4 is 4.80 Å². The van der Waals surface area contributed by atoms with Crippen molar-refractivity contribution in [2.75, 3.05) is 19.7 Å². The maximum Gasteiger partial charge on any atom is 0.243 e. The Labute approximate surface area is 199 Å². The van der Waals surface area contributed by atoms with Crippen LogP contribution in [0.4, 0.5) is 5.69 Å². The van der Waals surface area contributed by atoms with Crippen LogP contribution in [0, 0.1) is 0 Å². The number of hydrogen-bond acceptors (Lipinski definition) is 5. The van der Waals surface area contributed by atoms with E-state index in [1.54, 1.807) is 27.8 Å². The van der Waals surface area contributed by atoms with Crippen LogP contribution in [-0.2, 0) is 16.6 Å². The second kappa shape index (κ2) is 11.2. The third-order valence-electron chi connectivity index (χ3n) is 5.92. The van der Waals surface area contributed by atoms with Gasteiger partial charge in [-0.05, 0) is 55.5 Å². The van der Waals surface area contributed by atoms with Crippen molar-refractivity contribution in [3.63, 3.8) is 0 Å². The van der Waals surface area contributed by atoms with Crippen LogP contribution in [0.2, 0.25) is 0 Å². The molecule has 1 aromatic heterocycles. The maximum absolute atomic E-state index is 12.9. The molecule has 0 aliphatic carbocycles. The molecule has 1 N–H and O–H groups in total. The zero-order valence-electron chi connectivity index (χ0n) is 18.8. The first-order valence-corrected chi connectivity index (χ1v) is 13.9. The maximum atomic E-state index is 12.9. The van der Waals surface area contributed by atoms with E-state index in [9.17, 15) is 8.42 Å². The van der Waals surface area contributed by atoms with Crippen LogP contribution >= 0.6 is 11.3 Å². The largest absolute Gasteiger partial charge is 0.396 e. The molecule has 4 rings (SSSR count). The molecule has 2 aromatic carbocycles. The van der Waals surface area contributed by atoms with Gasteiger partial charge in [-0.2, -0.15) is 4.31 Å². The fourth-order valence-electron chi connectivity index (χ4n) is 4.09. The average Bonchev–Trinajstić information content (AvgIpc) is 3.51. The number of sulfonamides is 1. The summed E-state index contributed by atoms with van der Waals surface area (Å²) in [5.41, 5.74) is 2.94. The number of thiazole rings is 1. The minimum Gasteiger partial charge on any atom is -0.396 e. The molecular weight excluding hydrogens is 454 g/mol. The first-order chi connectivity index (χ1) is 16.1. The van der Waals surface area contributed by atoms with E-state index >= 15 is 0 Å². The van der Waals surface area contributed by atoms with Gasteiger partial charge in [0.1, 0.15) is 0 Å². The number of para-hydroxylation sites is 1. The monoisotopic (exact) mass is 485 g/mol. The fourth-order valence-corrected chi connectivity index (χ4v) is 6.56. The number of aliphatic hydroxyl groups is 1. The highest BCUT2D eigenvalue weighted by molar-refractivity contribution is 7.89. The van der Waals surface area contributed by atoms with Crippen molar-refractivity contribution < 1.29 is 13.5 Å². The van der Waals surface area contributed by atoms with E-state index in [2.05, 4.69) is 9.95 Å². The third-order valence-corrected chi connectivity index (χ3v) is 8.70. The Balaban J connectivity index is 1.63. The van der Waals surface area contributed by atoms with Crippen molar-refractivity contribution in [3.05, 3.63) is 64.8 Å². The minimum absolute atomic E-state index is 0.234. The Morgan fingerprint density at radius 1 is 0.909 bits per heavy atom. The standard InChI is InChI=1S/C25H31N3O3S2/c29-19-9-2-1-6-18-28-24(20-32-25(28)26-22-10-4-3-5-11-22)21-12-14-23(15-13-21)33(30,31)27-16-7-8-17-27/h3-5,10-15,20,29H,1-2,6-9,16-19H2. The van der Waals surface area contributed by atoms with E-state index in [-0.39, 0.29) is 6.61 Å². The van der Waals surface area contributed by atoms with Gasteiger partial charge < -0.3 is 9.67 Å². The first-order valence-electron chi connectivity index (χ1n) is 11.6. The Morgan fingerprint density at radius 2 is 1.61 bits per heavy atom. The lowest BCUT2D eigenvalue weighted by atomic mass is 10.1. The SMILES string of the molecule is O=S(=O)(c1ccc(-c2csc(=Nc3ccccc3)n2CCCCCCO)cc1)N1CCCC1. The molecule has 1 saturated heterocycles. The van der Waals surface area contributed by atoms with Gasteiger partial charge in [0.25, 0.3) is 0 Å². The highest BCUT2D eigenvalue weighted by Gasteiger charge is 2.27. The van der Waals surface area contributed by atoms with E-state index in [4.69, 9.17) is 10.1 Å². The van der Waals surface area contributed by atoms with Gasteiger partial charge in [-0.25, -0.2) is 13.4 Å². The molecule has 0 unspecified atom stereocenters. The van der Waals surface area contributed by atoms with Crippen molar-refractivity contribution in [1.82, 2.24) is 8.87 Å². The summed E-state index contributed by atoms with van der Waals surface area (Å²) in [6.45, 7) is 2.27. The van der Waals surface area contributed by atoms with Gasteiger partial charge in [-0.1, -0.05) is 43.2 Å². The molecule has 176 valence electrons. The van der Waals surface area contributed by atoms with Crippen molar-refractivity contribution in [2.24, 2.45) is 4.99 Å². The third kappa shape index (κ3) is 5.81. The summed E-state index contributed by atoms with van der Waals surface area (Å²) >= 11 is 1.59. The molecular formula is C25H31N3O3S2. The number of rotatable bonds is 10. The molecule has 0 radical (unpaired) electrons. The molecule has 8 heteroatoms. The molecule has 0 amide bonds. The number of benzene rings is 2. The molecule has 1 aliphatic heterocycles. The van der Waals surface area contributed by atoms with Gasteiger partial charge >= 0.3 is 0 Å². The molecule has 1 aliphatic rings. The van der Waals surface area contributed by atoms with Crippen LogP contribution in [0.1, 0.15) is 38.5 Å². The summed E-state index contributed by atoms with van der Waals surface area (Å²) in [7, 11) is -3.42. The van der Waals surface area contributed by atoms with E-state index < -0.39 is 10.0 Å². The number of nitrogens with zero attached hydrogens (tertiary/aromatic N) is 3. The molecule has 2 heterocycles. The molecule has 1 fully saturated rings. The zero-order chi connectivity index (χ0) is 23.1. The summed E-state index contributed by atoms with van der Waals surface area (Å²) in [6, 6.07) is 17.2. The second-order valence-corrected chi connectivity index (χ2v) is 11.1. The predicted molar refractivity (Wildman–Crippen MR) is 133 cm³/mol. The Hall–Kier alpha value is -2.26.